The average molecular weight is 230 g/mol. The van der Waals surface area contributed by atoms with Gasteiger partial charge >= 0.3 is 0 Å². The highest BCUT2D eigenvalue weighted by atomic mass is 16.1. The lowest BCUT2D eigenvalue weighted by Crippen LogP contribution is -2.19. The lowest BCUT2D eigenvalue weighted by Gasteiger charge is -1.96. The van der Waals surface area contributed by atoms with Gasteiger partial charge in [0.1, 0.15) is 5.84 Å². The molecule has 1 aromatic carbocycles. The monoisotopic (exact) mass is 230 g/mol. The number of nitrogens with two attached hydrogens (primary N) is 1. The number of aromatic nitrogens is 1. The number of amides is 1. The zero-order valence-electron chi connectivity index (χ0n) is 9.50. The van der Waals surface area contributed by atoms with Gasteiger partial charge in [-0.1, -0.05) is 0 Å². The zero-order chi connectivity index (χ0) is 12.4. The fourth-order valence-corrected chi connectivity index (χ4v) is 1.72. The molecule has 1 amide bonds. The van der Waals surface area contributed by atoms with Crippen LogP contribution in [0.1, 0.15) is 11.3 Å². The van der Waals surface area contributed by atoms with Crippen LogP contribution in [0.5, 0.6) is 0 Å². The molecular weight excluding hydrogens is 216 g/mol. The molecule has 0 atom stereocenters. The molecule has 17 heavy (non-hydrogen) atoms. The Labute approximate surface area is 98.5 Å². The number of aromatic amines is 1. The first-order valence-electron chi connectivity index (χ1n) is 5.27. The van der Waals surface area contributed by atoms with Crippen LogP contribution in [0.3, 0.4) is 0 Å². The summed E-state index contributed by atoms with van der Waals surface area (Å²) in [7, 11) is 1.61. The number of carbonyl (C=O) groups is 1. The van der Waals surface area contributed by atoms with Crippen molar-refractivity contribution in [2.24, 2.45) is 5.73 Å². The van der Waals surface area contributed by atoms with Crippen LogP contribution in [0.25, 0.3) is 10.9 Å². The van der Waals surface area contributed by atoms with Gasteiger partial charge in [0.25, 0.3) is 0 Å². The van der Waals surface area contributed by atoms with Crippen LogP contribution in [0.4, 0.5) is 0 Å². The number of likely N-dealkylation sites (N-methyl/N-ethyl adjacent to an activating group) is 1. The zero-order valence-corrected chi connectivity index (χ0v) is 9.50. The standard InChI is InChI=1S/C12H14N4O/c1-15-11(17)6-9-5-8-4-7(12(13)14)2-3-10(8)16-9/h2-5,16H,6H2,1H3,(H3,13,14)(H,15,17). The largest absolute Gasteiger partial charge is 0.384 e. The van der Waals surface area contributed by atoms with E-state index in [0.717, 1.165) is 16.6 Å². The van der Waals surface area contributed by atoms with Gasteiger partial charge in [0, 0.05) is 29.2 Å². The molecule has 0 aliphatic rings. The van der Waals surface area contributed by atoms with E-state index < -0.39 is 0 Å². The number of hydrogen-bond donors (Lipinski definition) is 4. The van der Waals surface area contributed by atoms with E-state index in [1.54, 1.807) is 13.1 Å². The third-order valence-corrected chi connectivity index (χ3v) is 2.62. The molecule has 0 fully saturated rings. The van der Waals surface area contributed by atoms with Crippen molar-refractivity contribution < 1.29 is 4.79 Å². The molecule has 5 N–H and O–H groups in total. The van der Waals surface area contributed by atoms with E-state index in [9.17, 15) is 4.79 Å². The Morgan fingerprint density at radius 3 is 2.88 bits per heavy atom. The SMILES string of the molecule is CNC(=O)Cc1cc2cc(C(=N)N)ccc2[nH]1. The third-order valence-electron chi connectivity index (χ3n) is 2.62. The van der Waals surface area contributed by atoms with Crippen molar-refractivity contribution in [3.8, 4) is 0 Å². The Bertz CT molecular complexity index is 585. The van der Waals surface area contributed by atoms with Crippen LogP contribution in [0.2, 0.25) is 0 Å². The number of rotatable bonds is 3. The first-order valence-corrected chi connectivity index (χ1v) is 5.27. The quantitative estimate of drug-likeness (QED) is 0.462. The van der Waals surface area contributed by atoms with E-state index in [1.165, 1.54) is 0 Å². The van der Waals surface area contributed by atoms with Crippen molar-refractivity contribution in [1.29, 1.82) is 5.41 Å². The number of hydrogen-bond acceptors (Lipinski definition) is 2. The molecule has 5 heteroatoms. The summed E-state index contributed by atoms with van der Waals surface area (Å²) < 4.78 is 0. The van der Waals surface area contributed by atoms with Gasteiger partial charge in [-0.25, -0.2) is 0 Å². The van der Waals surface area contributed by atoms with Gasteiger partial charge in [0.2, 0.25) is 5.91 Å². The number of nitrogen functional groups attached to an aromatic ring is 1. The second-order valence-corrected chi connectivity index (χ2v) is 3.86. The lowest BCUT2D eigenvalue weighted by atomic mass is 10.1. The minimum absolute atomic E-state index is 0.0386. The average Bonchev–Trinajstić information content (AvgIpc) is 2.69. The van der Waals surface area contributed by atoms with Crippen LogP contribution in [-0.2, 0) is 11.2 Å². The van der Waals surface area contributed by atoms with Crippen LogP contribution < -0.4 is 11.1 Å². The van der Waals surface area contributed by atoms with Crippen molar-refractivity contribution in [1.82, 2.24) is 10.3 Å². The van der Waals surface area contributed by atoms with Crippen molar-refractivity contribution in [2.45, 2.75) is 6.42 Å². The molecule has 0 radical (unpaired) electrons. The summed E-state index contributed by atoms with van der Waals surface area (Å²) >= 11 is 0. The molecular formula is C12H14N4O. The van der Waals surface area contributed by atoms with Gasteiger partial charge in [-0.3, -0.25) is 10.2 Å². The Morgan fingerprint density at radius 1 is 1.47 bits per heavy atom. The molecule has 0 aliphatic carbocycles. The Kier molecular flexibility index (Phi) is 2.82. The van der Waals surface area contributed by atoms with E-state index in [1.807, 2.05) is 18.2 Å². The fraction of sp³-hybridized carbons (Fsp3) is 0.167. The number of amidine groups is 1. The summed E-state index contributed by atoms with van der Waals surface area (Å²) in [6.45, 7) is 0. The molecule has 88 valence electrons. The van der Waals surface area contributed by atoms with Crippen molar-refractivity contribution in [2.75, 3.05) is 7.05 Å². The molecule has 0 unspecified atom stereocenters. The maximum Gasteiger partial charge on any atom is 0.225 e. The van der Waals surface area contributed by atoms with E-state index in [0.29, 0.717) is 12.0 Å². The smallest absolute Gasteiger partial charge is 0.225 e. The summed E-state index contributed by atoms with van der Waals surface area (Å²) in [6.07, 6.45) is 0.320. The number of nitrogens with one attached hydrogen (secondary N) is 3. The topological polar surface area (TPSA) is 94.8 Å². The predicted octanol–water partition coefficient (Wildman–Crippen LogP) is 0.740. The normalized spacial score (nSPS) is 10.4. The molecule has 0 saturated carbocycles. The Balaban J connectivity index is 2.37. The predicted molar refractivity (Wildman–Crippen MR) is 67.1 cm³/mol. The number of H-pyrrole nitrogens is 1. The molecule has 1 aromatic heterocycles. The highest BCUT2D eigenvalue weighted by Gasteiger charge is 2.06. The molecule has 2 rings (SSSR count). The van der Waals surface area contributed by atoms with Gasteiger partial charge < -0.3 is 16.0 Å². The summed E-state index contributed by atoms with van der Waals surface area (Å²) in [5, 5.41) is 10.9. The minimum Gasteiger partial charge on any atom is -0.384 e. The Hall–Kier alpha value is -2.30. The molecule has 2 aromatic rings. The van der Waals surface area contributed by atoms with Gasteiger partial charge in [-0.15, -0.1) is 0 Å². The summed E-state index contributed by atoms with van der Waals surface area (Å²) in [4.78, 5) is 14.4. The minimum atomic E-state index is -0.0386. The lowest BCUT2D eigenvalue weighted by molar-refractivity contribution is -0.120. The van der Waals surface area contributed by atoms with E-state index in [2.05, 4.69) is 10.3 Å². The van der Waals surface area contributed by atoms with Crippen LogP contribution in [0.15, 0.2) is 24.3 Å². The summed E-state index contributed by atoms with van der Waals surface area (Å²) in [5.74, 6) is 0.00398. The second kappa shape index (κ2) is 4.29. The number of benzene rings is 1. The first kappa shape index (κ1) is 11.2. The van der Waals surface area contributed by atoms with Crippen molar-refractivity contribution in [3.05, 3.63) is 35.5 Å². The third kappa shape index (κ3) is 2.28. The van der Waals surface area contributed by atoms with Crippen molar-refractivity contribution >= 4 is 22.6 Å². The van der Waals surface area contributed by atoms with Gasteiger partial charge in [0.05, 0.1) is 6.42 Å². The van der Waals surface area contributed by atoms with Gasteiger partial charge in [-0.2, -0.15) is 0 Å². The maximum absolute atomic E-state index is 11.2. The summed E-state index contributed by atoms with van der Waals surface area (Å²) in [6, 6.07) is 7.38. The highest BCUT2D eigenvalue weighted by molar-refractivity contribution is 5.98. The Morgan fingerprint density at radius 2 is 2.24 bits per heavy atom. The maximum atomic E-state index is 11.2. The fourth-order valence-electron chi connectivity index (χ4n) is 1.72. The molecule has 1 heterocycles. The van der Waals surface area contributed by atoms with Gasteiger partial charge in [-0.05, 0) is 24.3 Å². The van der Waals surface area contributed by atoms with Crippen LogP contribution in [-0.4, -0.2) is 23.8 Å². The summed E-state index contributed by atoms with van der Waals surface area (Å²) in [5.41, 5.74) is 7.89. The van der Waals surface area contributed by atoms with Crippen LogP contribution >= 0.6 is 0 Å². The van der Waals surface area contributed by atoms with Crippen LogP contribution in [0, 0.1) is 5.41 Å². The first-order chi connectivity index (χ1) is 8.10. The van der Waals surface area contributed by atoms with Crippen molar-refractivity contribution in [3.63, 3.8) is 0 Å². The molecule has 0 aliphatic heterocycles. The number of carbonyl (C=O) groups excluding carboxylic acids is 1. The van der Waals surface area contributed by atoms with E-state index in [-0.39, 0.29) is 11.7 Å². The molecule has 0 saturated heterocycles. The molecule has 0 bridgehead atoms. The van der Waals surface area contributed by atoms with E-state index in [4.69, 9.17) is 11.1 Å². The number of fused-ring (bicyclic) bond motifs is 1. The molecule has 0 spiro atoms. The van der Waals surface area contributed by atoms with E-state index >= 15 is 0 Å². The van der Waals surface area contributed by atoms with Gasteiger partial charge in [0.15, 0.2) is 0 Å². The second-order valence-electron chi connectivity index (χ2n) is 3.86. The molecule has 5 nitrogen and oxygen atoms in total. The highest BCUT2D eigenvalue weighted by Crippen LogP contribution is 2.17.